The van der Waals surface area contributed by atoms with E-state index in [0.29, 0.717) is 34.6 Å². The Morgan fingerprint density at radius 1 is 1.08 bits per heavy atom. The van der Waals surface area contributed by atoms with Crippen LogP contribution in [0.15, 0.2) is 42.5 Å². The first-order valence-electron chi connectivity index (χ1n) is 11.7. The van der Waals surface area contributed by atoms with E-state index in [1.165, 1.54) is 9.21 Å². The Hall–Kier alpha value is -2.49. The molecule has 0 saturated heterocycles. The molecule has 1 unspecified atom stereocenters. The zero-order valence-corrected chi connectivity index (χ0v) is 23.3. The van der Waals surface area contributed by atoms with Gasteiger partial charge in [-0.1, -0.05) is 41.4 Å². The number of benzene rings is 2. The van der Waals surface area contributed by atoms with E-state index in [-0.39, 0.29) is 37.7 Å². The van der Waals surface area contributed by atoms with Crippen molar-refractivity contribution in [2.45, 2.75) is 46.2 Å². The number of para-hydroxylation sites is 2. The monoisotopic (exact) mass is 557 g/mol. The van der Waals surface area contributed by atoms with Crippen LogP contribution in [0.25, 0.3) is 0 Å². The van der Waals surface area contributed by atoms with Crippen LogP contribution in [0, 0.1) is 0 Å². The second-order valence-electron chi connectivity index (χ2n) is 8.18. The summed E-state index contributed by atoms with van der Waals surface area (Å²) in [6.45, 7) is 6.31. The van der Waals surface area contributed by atoms with Gasteiger partial charge in [0.15, 0.2) is 0 Å². The lowest BCUT2D eigenvalue weighted by Gasteiger charge is -2.29. The van der Waals surface area contributed by atoms with Crippen molar-refractivity contribution < 1.29 is 22.7 Å². The minimum Gasteiger partial charge on any atom is -0.492 e. The molecule has 2 aromatic carbocycles. The lowest BCUT2D eigenvalue weighted by atomic mass is 10.1. The maximum atomic E-state index is 13.3. The highest BCUT2D eigenvalue weighted by atomic mass is 35.5. The summed E-state index contributed by atoms with van der Waals surface area (Å²) in [7, 11) is -3.63. The second kappa shape index (κ2) is 13.7. The molecule has 0 aliphatic heterocycles. The van der Waals surface area contributed by atoms with E-state index in [1.54, 1.807) is 56.3 Å². The van der Waals surface area contributed by atoms with Crippen molar-refractivity contribution in [3.8, 4) is 5.75 Å². The number of carbonyl (C=O) groups is 2. The summed E-state index contributed by atoms with van der Waals surface area (Å²) >= 11 is 12.1. The molecule has 0 saturated carbocycles. The first-order chi connectivity index (χ1) is 17.0. The highest BCUT2D eigenvalue weighted by Gasteiger charge is 2.27. The highest BCUT2D eigenvalue weighted by Crippen LogP contribution is 2.30. The molecular formula is C25H33Cl2N3O5S. The molecule has 11 heteroatoms. The van der Waals surface area contributed by atoms with Gasteiger partial charge in [-0.15, -0.1) is 0 Å². The fraction of sp³-hybridized carbons (Fsp3) is 0.440. The van der Waals surface area contributed by atoms with Crippen LogP contribution in [0.5, 0.6) is 5.75 Å². The molecule has 0 bridgehead atoms. The maximum absolute atomic E-state index is 13.3. The van der Waals surface area contributed by atoms with Crippen molar-refractivity contribution in [2.24, 2.45) is 0 Å². The summed E-state index contributed by atoms with van der Waals surface area (Å²) in [4.78, 5) is 27.3. The molecule has 8 nitrogen and oxygen atoms in total. The molecule has 2 rings (SSSR count). The molecule has 0 radical (unpaired) electrons. The Balaban J connectivity index is 2.21. The molecule has 0 heterocycles. The average Bonchev–Trinajstić information content (AvgIpc) is 2.82. The number of nitrogens with one attached hydrogen (secondary N) is 1. The van der Waals surface area contributed by atoms with E-state index in [2.05, 4.69) is 5.32 Å². The van der Waals surface area contributed by atoms with E-state index in [1.807, 2.05) is 6.92 Å². The van der Waals surface area contributed by atoms with Gasteiger partial charge in [-0.25, -0.2) is 8.42 Å². The van der Waals surface area contributed by atoms with Crippen LogP contribution in [0.4, 0.5) is 5.69 Å². The number of anilines is 1. The molecule has 0 aliphatic carbocycles. The highest BCUT2D eigenvalue weighted by molar-refractivity contribution is 7.92. The number of rotatable bonds is 13. The van der Waals surface area contributed by atoms with Crippen molar-refractivity contribution in [1.29, 1.82) is 0 Å². The topological polar surface area (TPSA) is 96.0 Å². The smallest absolute Gasteiger partial charge is 0.242 e. The molecule has 2 amide bonds. The predicted octanol–water partition coefficient (Wildman–Crippen LogP) is 4.49. The molecule has 0 spiro atoms. The quantitative estimate of drug-likeness (QED) is 0.391. The molecule has 0 fully saturated rings. The Morgan fingerprint density at radius 2 is 1.78 bits per heavy atom. The molecule has 0 aliphatic rings. The van der Waals surface area contributed by atoms with Gasteiger partial charge in [-0.05, 0) is 57.0 Å². The SMILES string of the molecule is CCNC(=O)C(C)N(Cc1ccc(Cl)c(Cl)c1)C(=O)CCCN(c1ccccc1OCC)S(C)(=O)=O. The predicted molar refractivity (Wildman–Crippen MR) is 144 cm³/mol. The number of halogens is 2. The van der Waals surface area contributed by atoms with Crippen LogP contribution in [0.3, 0.4) is 0 Å². The summed E-state index contributed by atoms with van der Waals surface area (Å²) in [6.07, 6.45) is 1.39. The number of sulfonamides is 1. The van der Waals surface area contributed by atoms with Crippen molar-refractivity contribution in [3.05, 3.63) is 58.1 Å². The largest absolute Gasteiger partial charge is 0.492 e. The minimum absolute atomic E-state index is 0.0356. The number of carbonyl (C=O) groups excluding carboxylic acids is 2. The van der Waals surface area contributed by atoms with Crippen molar-refractivity contribution >= 4 is 50.7 Å². The van der Waals surface area contributed by atoms with E-state index < -0.39 is 16.1 Å². The van der Waals surface area contributed by atoms with Gasteiger partial charge < -0.3 is 15.0 Å². The number of likely N-dealkylation sites (N-methyl/N-ethyl adjacent to an activating group) is 1. The fourth-order valence-corrected chi connectivity index (χ4v) is 4.95. The van der Waals surface area contributed by atoms with Gasteiger partial charge in [0, 0.05) is 26.1 Å². The van der Waals surface area contributed by atoms with Gasteiger partial charge in [0.05, 0.1) is 28.6 Å². The van der Waals surface area contributed by atoms with E-state index in [4.69, 9.17) is 27.9 Å². The standard InChI is InChI=1S/C25H33Cl2N3O5S/c1-5-28-25(32)18(3)29(17-19-13-14-20(26)21(27)16-19)24(31)12-9-15-30(36(4,33)34)22-10-7-8-11-23(22)35-6-2/h7-8,10-11,13-14,16,18H,5-6,9,12,15,17H2,1-4H3,(H,28,32). The average molecular weight is 559 g/mol. The Labute approximate surface area is 223 Å². The molecular weight excluding hydrogens is 525 g/mol. The van der Waals surface area contributed by atoms with Crippen LogP contribution >= 0.6 is 23.2 Å². The number of hydrogen-bond donors (Lipinski definition) is 1. The molecule has 36 heavy (non-hydrogen) atoms. The molecule has 2 aromatic rings. The summed E-state index contributed by atoms with van der Waals surface area (Å²) in [5, 5.41) is 3.48. The zero-order valence-electron chi connectivity index (χ0n) is 21.0. The third-order valence-corrected chi connectivity index (χ3v) is 7.36. The second-order valence-corrected chi connectivity index (χ2v) is 10.9. The zero-order chi connectivity index (χ0) is 26.9. The van der Waals surface area contributed by atoms with E-state index in [0.717, 1.165) is 11.8 Å². The van der Waals surface area contributed by atoms with Crippen LogP contribution in [-0.4, -0.2) is 57.1 Å². The summed E-state index contributed by atoms with van der Waals surface area (Å²) < 4.78 is 32.0. The lowest BCUT2D eigenvalue weighted by molar-refractivity contribution is -0.140. The first kappa shape index (κ1) is 29.7. The van der Waals surface area contributed by atoms with Crippen molar-refractivity contribution in [3.63, 3.8) is 0 Å². The van der Waals surface area contributed by atoms with Gasteiger partial charge in [0.25, 0.3) is 0 Å². The Bertz CT molecular complexity index is 1160. The Morgan fingerprint density at radius 3 is 2.39 bits per heavy atom. The third kappa shape index (κ3) is 8.28. The first-order valence-corrected chi connectivity index (χ1v) is 14.3. The van der Waals surface area contributed by atoms with Gasteiger partial charge in [-0.3, -0.25) is 13.9 Å². The molecule has 1 N–H and O–H groups in total. The normalized spacial score (nSPS) is 12.1. The molecule has 1 atom stereocenters. The number of ether oxygens (including phenoxy) is 1. The number of nitrogens with zero attached hydrogens (tertiary/aromatic N) is 2. The van der Waals surface area contributed by atoms with E-state index >= 15 is 0 Å². The minimum atomic E-state index is -3.63. The van der Waals surface area contributed by atoms with Gasteiger partial charge in [0.2, 0.25) is 21.8 Å². The van der Waals surface area contributed by atoms with E-state index in [9.17, 15) is 18.0 Å². The van der Waals surface area contributed by atoms with Crippen LogP contribution < -0.4 is 14.4 Å². The summed E-state index contributed by atoms with van der Waals surface area (Å²) in [6, 6.07) is 11.2. The van der Waals surface area contributed by atoms with Gasteiger partial charge >= 0.3 is 0 Å². The molecule has 0 aromatic heterocycles. The molecule has 198 valence electrons. The summed E-state index contributed by atoms with van der Waals surface area (Å²) in [5.74, 6) is -0.122. The third-order valence-electron chi connectivity index (χ3n) is 5.44. The fourth-order valence-electron chi connectivity index (χ4n) is 3.66. The van der Waals surface area contributed by atoms with Crippen molar-refractivity contribution in [1.82, 2.24) is 10.2 Å². The van der Waals surface area contributed by atoms with Crippen LogP contribution in [0.2, 0.25) is 10.0 Å². The Kier molecular flexibility index (Phi) is 11.3. The number of hydrogen-bond acceptors (Lipinski definition) is 5. The van der Waals surface area contributed by atoms with Crippen LogP contribution in [0.1, 0.15) is 39.2 Å². The summed E-state index contributed by atoms with van der Waals surface area (Å²) in [5.41, 5.74) is 1.13. The lowest BCUT2D eigenvalue weighted by Crippen LogP contribution is -2.47. The van der Waals surface area contributed by atoms with Gasteiger partial charge in [-0.2, -0.15) is 0 Å². The van der Waals surface area contributed by atoms with Gasteiger partial charge in [0.1, 0.15) is 11.8 Å². The van der Waals surface area contributed by atoms with Crippen LogP contribution in [-0.2, 0) is 26.2 Å². The number of amides is 2. The van der Waals surface area contributed by atoms with Crippen molar-refractivity contribution in [2.75, 3.05) is 30.3 Å². The maximum Gasteiger partial charge on any atom is 0.242 e.